The van der Waals surface area contributed by atoms with Gasteiger partial charge in [-0.3, -0.25) is 4.79 Å². The predicted octanol–water partition coefficient (Wildman–Crippen LogP) is 2.88. The maximum Gasteiger partial charge on any atom is 0.223 e. The summed E-state index contributed by atoms with van der Waals surface area (Å²) in [6.07, 6.45) is 10.4. The summed E-state index contributed by atoms with van der Waals surface area (Å²) >= 11 is 0. The van der Waals surface area contributed by atoms with Gasteiger partial charge in [0.25, 0.3) is 0 Å². The van der Waals surface area contributed by atoms with Gasteiger partial charge in [-0.05, 0) is 30.4 Å². The zero-order valence-corrected chi connectivity index (χ0v) is 11.9. The second-order valence-corrected chi connectivity index (χ2v) is 6.17. The molecule has 1 aliphatic carbocycles. The van der Waals surface area contributed by atoms with Crippen molar-refractivity contribution in [2.75, 3.05) is 6.54 Å². The average molecular weight is 260 g/mol. The Morgan fingerprint density at radius 2 is 2.11 bits per heavy atom. The van der Waals surface area contributed by atoms with Crippen molar-refractivity contribution < 1.29 is 4.79 Å². The minimum Gasteiger partial charge on any atom is -0.354 e. The highest BCUT2D eigenvalue weighted by Gasteiger charge is 2.25. The van der Waals surface area contributed by atoms with Crippen molar-refractivity contribution in [3.05, 3.63) is 23.5 Å². The van der Waals surface area contributed by atoms with Gasteiger partial charge in [-0.15, -0.1) is 0 Å². The third-order valence-corrected chi connectivity index (χ3v) is 4.82. The molecule has 1 fully saturated rings. The van der Waals surface area contributed by atoms with E-state index in [0.717, 1.165) is 25.9 Å². The standard InChI is InChI=1S/C16H24N2O/c1-17-9-7-14-12-18(10-8-15(14)17)16(19)11-13-5-3-2-4-6-13/h7,9,13H,2-6,8,10-12H2,1H3. The Bertz CT molecular complexity index is 457. The van der Waals surface area contributed by atoms with Crippen LogP contribution in [0.5, 0.6) is 0 Å². The van der Waals surface area contributed by atoms with Gasteiger partial charge in [0, 0.05) is 44.9 Å². The molecule has 1 amide bonds. The van der Waals surface area contributed by atoms with Crippen molar-refractivity contribution in [2.24, 2.45) is 13.0 Å². The van der Waals surface area contributed by atoms with Crippen LogP contribution < -0.4 is 0 Å². The van der Waals surface area contributed by atoms with Crippen LogP contribution in [-0.2, 0) is 24.8 Å². The lowest BCUT2D eigenvalue weighted by Gasteiger charge is -2.30. The van der Waals surface area contributed by atoms with Crippen LogP contribution in [0.1, 0.15) is 49.8 Å². The molecule has 0 aromatic carbocycles. The number of amides is 1. The third-order valence-electron chi connectivity index (χ3n) is 4.82. The lowest BCUT2D eigenvalue weighted by Crippen LogP contribution is -2.37. The first kappa shape index (κ1) is 12.8. The molecule has 3 rings (SSSR count). The van der Waals surface area contributed by atoms with Gasteiger partial charge in [0.15, 0.2) is 0 Å². The van der Waals surface area contributed by atoms with Crippen LogP contribution in [0, 0.1) is 5.92 Å². The van der Waals surface area contributed by atoms with Crippen LogP contribution in [-0.4, -0.2) is 21.9 Å². The summed E-state index contributed by atoms with van der Waals surface area (Å²) in [5, 5.41) is 0. The smallest absolute Gasteiger partial charge is 0.223 e. The van der Waals surface area contributed by atoms with Gasteiger partial charge >= 0.3 is 0 Å². The molecular weight excluding hydrogens is 236 g/mol. The number of nitrogens with zero attached hydrogens (tertiary/aromatic N) is 2. The van der Waals surface area contributed by atoms with Gasteiger partial charge in [-0.2, -0.15) is 0 Å². The zero-order chi connectivity index (χ0) is 13.2. The number of rotatable bonds is 2. The van der Waals surface area contributed by atoms with Crippen LogP contribution in [0.3, 0.4) is 0 Å². The second-order valence-electron chi connectivity index (χ2n) is 6.17. The molecule has 1 aromatic heterocycles. The molecule has 2 heterocycles. The van der Waals surface area contributed by atoms with Gasteiger partial charge in [-0.25, -0.2) is 0 Å². The molecule has 3 heteroatoms. The maximum absolute atomic E-state index is 12.4. The second kappa shape index (κ2) is 5.40. The molecule has 0 radical (unpaired) electrons. The van der Waals surface area contributed by atoms with Gasteiger partial charge in [0.1, 0.15) is 0 Å². The van der Waals surface area contributed by atoms with Crippen LogP contribution in [0.25, 0.3) is 0 Å². The molecule has 3 nitrogen and oxygen atoms in total. The molecule has 0 bridgehead atoms. The fourth-order valence-corrected chi connectivity index (χ4v) is 3.60. The van der Waals surface area contributed by atoms with Gasteiger partial charge in [-0.1, -0.05) is 19.3 Å². The third kappa shape index (κ3) is 2.70. The van der Waals surface area contributed by atoms with E-state index in [1.54, 1.807) is 0 Å². The topological polar surface area (TPSA) is 25.2 Å². The maximum atomic E-state index is 12.4. The molecule has 19 heavy (non-hydrogen) atoms. The Balaban J connectivity index is 1.59. The largest absolute Gasteiger partial charge is 0.354 e. The summed E-state index contributed by atoms with van der Waals surface area (Å²) in [7, 11) is 2.10. The van der Waals surface area contributed by atoms with Crippen molar-refractivity contribution in [3.8, 4) is 0 Å². The number of hydrogen-bond acceptors (Lipinski definition) is 1. The van der Waals surface area contributed by atoms with Crippen molar-refractivity contribution in [3.63, 3.8) is 0 Å². The van der Waals surface area contributed by atoms with E-state index in [1.165, 1.54) is 43.4 Å². The Morgan fingerprint density at radius 1 is 1.32 bits per heavy atom. The number of hydrogen-bond donors (Lipinski definition) is 0. The van der Waals surface area contributed by atoms with Crippen LogP contribution in [0.15, 0.2) is 12.3 Å². The number of aromatic nitrogens is 1. The number of carbonyl (C=O) groups is 1. The summed E-state index contributed by atoms with van der Waals surface area (Å²) in [5.74, 6) is 1.03. The van der Waals surface area contributed by atoms with E-state index >= 15 is 0 Å². The highest BCUT2D eigenvalue weighted by atomic mass is 16.2. The molecule has 104 valence electrons. The summed E-state index contributed by atoms with van der Waals surface area (Å²) in [6.45, 7) is 1.72. The minimum absolute atomic E-state index is 0.376. The lowest BCUT2D eigenvalue weighted by molar-refractivity contribution is -0.133. The van der Waals surface area contributed by atoms with Crippen molar-refractivity contribution >= 4 is 5.91 Å². The van der Waals surface area contributed by atoms with E-state index in [-0.39, 0.29) is 0 Å². The monoisotopic (exact) mass is 260 g/mol. The van der Waals surface area contributed by atoms with Gasteiger partial charge < -0.3 is 9.47 Å². The SMILES string of the molecule is Cn1ccc2c1CCN(C(=O)CC1CCCCC1)C2. The number of fused-ring (bicyclic) bond motifs is 1. The number of aryl methyl sites for hydroxylation is 1. The Hall–Kier alpha value is -1.25. The minimum atomic E-state index is 0.376. The fourth-order valence-electron chi connectivity index (χ4n) is 3.60. The molecular formula is C16H24N2O. The Labute approximate surface area is 115 Å². The predicted molar refractivity (Wildman–Crippen MR) is 75.7 cm³/mol. The van der Waals surface area contributed by atoms with Crippen LogP contribution >= 0.6 is 0 Å². The number of carbonyl (C=O) groups excluding carboxylic acids is 1. The van der Waals surface area contributed by atoms with Gasteiger partial charge in [0.2, 0.25) is 5.91 Å². The summed E-state index contributed by atoms with van der Waals surface area (Å²) < 4.78 is 2.19. The molecule has 0 unspecified atom stereocenters. The van der Waals surface area contributed by atoms with E-state index in [0.29, 0.717) is 11.8 Å². The zero-order valence-electron chi connectivity index (χ0n) is 11.9. The molecule has 0 saturated heterocycles. The first-order chi connectivity index (χ1) is 9.24. The fraction of sp³-hybridized carbons (Fsp3) is 0.688. The van der Waals surface area contributed by atoms with Crippen LogP contribution in [0.4, 0.5) is 0 Å². The molecule has 2 aliphatic rings. The molecule has 0 spiro atoms. The van der Waals surface area contributed by atoms with Crippen molar-refractivity contribution in [1.29, 1.82) is 0 Å². The molecule has 1 aromatic rings. The highest BCUT2D eigenvalue weighted by Crippen LogP contribution is 2.28. The quantitative estimate of drug-likeness (QED) is 0.802. The van der Waals surface area contributed by atoms with E-state index in [1.807, 2.05) is 0 Å². The first-order valence-corrected chi connectivity index (χ1v) is 7.65. The van der Waals surface area contributed by atoms with E-state index in [4.69, 9.17) is 0 Å². The normalized spacial score (nSPS) is 20.4. The molecule has 1 saturated carbocycles. The molecule has 0 atom stereocenters. The highest BCUT2D eigenvalue weighted by molar-refractivity contribution is 5.76. The Kier molecular flexibility index (Phi) is 3.63. The van der Waals surface area contributed by atoms with E-state index in [2.05, 4.69) is 28.8 Å². The summed E-state index contributed by atoms with van der Waals surface area (Å²) in [5.41, 5.74) is 2.74. The van der Waals surface area contributed by atoms with Crippen molar-refractivity contribution in [2.45, 2.75) is 51.5 Å². The van der Waals surface area contributed by atoms with Crippen LogP contribution in [0.2, 0.25) is 0 Å². The summed E-state index contributed by atoms with van der Waals surface area (Å²) in [6, 6.07) is 2.16. The average Bonchev–Trinajstić information content (AvgIpc) is 2.81. The van der Waals surface area contributed by atoms with Gasteiger partial charge in [0.05, 0.1) is 0 Å². The summed E-state index contributed by atoms with van der Waals surface area (Å²) in [4.78, 5) is 14.5. The first-order valence-electron chi connectivity index (χ1n) is 7.65. The Morgan fingerprint density at radius 3 is 2.89 bits per heavy atom. The lowest BCUT2D eigenvalue weighted by atomic mass is 9.86. The van der Waals surface area contributed by atoms with Crippen molar-refractivity contribution in [1.82, 2.24) is 9.47 Å². The van der Waals surface area contributed by atoms with E-state index in [9.17, 15) is 4.79 Å². The molecule has 1 aliphatic heterocycles. The molecule has 0 N–H and O–H groups in total. The van der Waals surface area contributed by atoms with E-state index < -0.39 is 0 Å².